The van der Waals surface area contributed by atoms with Crippen LogP contribution in [0.1, 0.15) is 5.56 Å². The highest BCUT2D eigenvalue weighted by Crippen LogP contribution is 2.27. The van der Waals surface area contributed by atoms with Crippen LogP contribution < -0.4 is 15.5 Å². The summed E-state index contributed by atoms with van der Waals surface area (Å²) in [6.45, 7) is 5.48. The van der Waals surface area contributed by atoms with Crippen LogP contribution in [-0.4, -0.2) is 38.5 Å². The topological polar surface area (TPSA) is 36.5 Å². The number of ether oxygens (including phenoxy) is 1. The molecule has 1 saturated heterocycles. The minimum absolute atomic E-state index is 0.634. The number of nitrogens with zero attached hydrogens (tertiary/aromatic N) is 1. The molecular weight excluding hydrogens is 246 g/mol. The zero-order valence-electron chi connectivity index (χ0n) is 10.8. The number of hydrogen-bond acceptors (Lipinski definition) is 3. The highest BCUT2D eigenvalue weighted by Gasteiger charge is 2.15. The zero-order chi connectivity index (χ0) is 13.0. The molecule has 1 aromatic rings. The van der Waals surface area contributed by atoms with E-state index in [0.29, 0.717) is 5.11 Å². The van der Waals surface area contributed by atoms with E-state index in [1.165, 1.54) is 11.3 Å². The van der Waals surface area contributed by atoms with Crippen molar-refractivity contribution in [1.29, 1.82) is 0 Å². The lowest BCUT2D eigenvalue weighted by molar-refractivity contribution is 0.123. The average molecular weight is 265 g/mol. The van der Waals surface area contributed by atoms with Gasteiger partial charge in [0.1, 0.15) is 0 Å². The second-order valence-corrected chi connectivity index (χ2v) is 4.73. The molecule has 2 N–H and O–H groups in total. The third-order valence-electron chi connectivity index (χ3n) is 2.98. The maximum absolute atomic E-state index is 5.39. The molecule has 1 heterocycles. The van der Waals surface area contributed by atoms with Crippen molar-refractivity contribution in [2.75, 3.05) is 43.6 Å². The largest absolute Gasteiger partial charge is 0.378 e. The van der Waals surface area contributed by atoms with Gasteiger partial charge in [-0.1, -0.05) is 6.07 Å². The minimum Gasteiger partial charge on any atom is -0.378 e. The fourth-order valence-electron chi connectivity index (χ4n) is 2.01. The van der Waals surface area contributed by atoms with Gasteiger partial charge in [0.15, 0.2) is 5.11 Å². The second-order valence-electron chi connectivity index (χ2n) is 4.32. The first-order valence-corrected chi connectivity index (χ1v) is 6.53. The summed E-state index contributed by atoms with van der Waals surface area (Å²) in [5.74, 6) is 0. The quantitative estimate of drug-likeness (QED) is 0.797. The molecule has 1 aliphatic heterocycles. The Morgan fingerprint density at radius 3 is 2.72 bits per heavy atom. The van der Waals surface area contributed by atoms with Gasteiger partial charge in [-0.25, -0.2) is 0 Å². The molecule has 0 aliphatic carbocycles. The second kappa shape index (κ2) is 6.02. The molecule has 1 aromatic carbocycles. The summed E-state index contributed by atoms with van der Waals surface area (Å²) >= 11 is 5.18. The van der Waals surface area contributed by atoms with Gasteiger partial charge < -0.3 is 20.3 Å². The predicted octanol–water partition coefficient (Wildman–Crippen LogP) is 1.75. The summed E-state index contributed by atoms with van der Waals surface area (Å²) in [5.41, 5.74) is 3.45. The van der Waals surface area contributed by atoms with Crippen molar-refractivity contribution in [3.63, 3.8) is 0 Å². The van der Waals surface area contributed by atoms with E-state index >= 15 is 0 Å². The molecule has 5 heteroatoms. The van der Waals surface area contributed by atoms with Gasteiger partial charge >= 0.3 is 0 Å². The average Bonchev–Trinajstić information content (AvgIpc) is 2.40. The smallest absolute Gasteiger partial charge is 0.170 e. The number of aryl methyl sites for hydroxylation is 1. The van der Waals surface area contributed by atoms with Crippen LogP contribution in [0.4, 0.5) is 11.4 Å². The highest BCUT2D eigenvalue weighted by atomic mass is 32.1. The lowest BCUT2D eigenvalue weighted by atomic mass is 10.1. The standard InChI is InChI=1S/C13H19N3OS/c1-10-3-4-12(16-5-7-17-8-6-16)11(9-10)15-13(18)14-2/h3-4,9H,5-8H2,1-2H3,(H2,14,15,18). The van der Waals surface area contributed by atoms with E-state index in [2.05, 4.69) is 40.7 Å². The van der Waals surface area contributed by atoms with E-state index in [1.54, 1.807) is 0 Å². The number of anilines is 2. The van der Waals surface area contributed by atoms with Crippen molar-refractivity contribution >= 4 is 28.7 Å². The molecule has 1 aliphatic rings. The molecule has 18 heavy (non-hydrogen) atoms. The summed E-state index contributed by atoms with van der Waals surface area (Å²) in [6, 6.07) is 6.38. The normalized spacial score (nSPS) is 15.3. The summed E-state index contributed by atoms with van der Waals surface area (Å²) in [5, 5.41) is 6.81. The molecule has 2 rings (SSSR count). The van der Waals surface area contributed by atoms with Crippen molar-refractivity contribution in [3.8, 4) is 0 Å². The van der Waals surface area contributed by atoms with Gasteiger partial charge in [0.2, 0.25) is 0 Å². The highest BCUT2D eigenvalue weighted by molar-refractivity contribution is 7.80. The summed E-state index contributed by atoms with van der Waals surface area (Å²) in [6.07, 6.45) is 0. The van der Waals surface area contributed by atoms with Crippen LogP contribution in [0.25, 0.3) is 0 Å². The number of hydrogen-bond donors (Lipinski definition) is 2. The molecule has 98 valence electrons. The molecule has 0 radical (unpaired) electrons. The van der Waals surface area contributed by atoms with Crippen LogP contribution in [-0.2, 0) is 4.74 Å². The number of thiocarbonyl (C=S) groups is 1. The first-order valence-electron chi connectivity index (χ1n) is 6.13. The van der Waals surface area contributed by atoms with Crippen molar-refractivity contribution < 1.29 is 4.74 Å². The minimum atomic E-state index is 0.634. The number of rotatable bonds is 2. The summed E-state index contributed by atoms with van der Waals surface area (Å²) in [4.78, 5) is 2.32. The maximum Gasteiger partial charge on any atom is 0.170 e. The lowest BCUT2D eigenvalue weighted by Crippen LogP contribution is -2.37. The van der Waals surface area contributed by atoms with Crippen LogP contribution in [0.5, 0.6) is 0 Å². The van der Waals surface area contributed by atoms with E-state index in [-0.39, 0.29) is 0 Å². The SMILES string of the molecule is CNC(=S)Nc1cc(C)ccc1N1CCOCC1. The third kappa shape index (κ3) is 3.11. The Bertz CT molecular complexity index is 430. The van der Waals surface area contributed by atoms with E-state index in [4.69, 9.17) is 17.0 Å². The van der Waals surface area contributed by atoms with Crippen LogP contribution >= 0.6 is 12.2 Å². The number of morpholine rings is 1. The van der Waals surface area contributed by atoms with Gasteiger partial charge in [-0.05, 0) is 36.8 Å². The van der Waals surface area contributed by atoms with Crippen molar-refractivity contribution in [2.24, 2.45) is 0 Å². The molecule has 0 amide bonds. The van der Waals surface area contributed by atoms with Crippen LogP contribution in [0.3, 0.4) is 0 Å². The van der Waals surface area contributed by atoms with Crippen molar-refractivity contribution in [3.05, 3.63) is 23.8 Å². The number of nitrogens with one attached hydrogen (secondary N) is 2. The van der Waals surface area contributed by atoms with Gasteiger partial charge in [0, 0.05) is 20.1 Å². The van der Waals surface area contributed by atoms with E-state index in [1.807, 2.05) is 7.05 Å². The molecule has 0 spiro atoms. The van der Waals surface area contributed by atoms with Crippen LogP contribution in [0, 0.1) is 6.92 Å². The fraction of sp³-hybridized carbons (Fsp3) is 0.462. The Hall–Kier alpha value is -1.33. The monoisotopic (exact) mass is 265 g/mol. The van der Waals surface area contributed by atoms with Gasteiger partial charge in [-0.3, -0.25) is 0 Å². The first-order chi connectivity index (χ1) is 8.70. The van der Waals surface area contributed by atoms with Gasteiger partial charge in [-0.2, -0.15) is 0 Å². The predicted molar refractivity (Wildman–Crippen MR) is 79.5 cm³/mol. The summed E-state index contributed by atoms with van der Waals surface area (Å²) < 4.78 is 5.39. The molecule has 0 unspecified atom stereocenters. The Morgan fingerprint density at radius 2 is 2.06 bits per heavy atom. The Kier molecular flexibility index (Phi) is 4.38. The van der Waals surface area contributed by atoms with Gasteiger partial charge in [-0.15, -0.1) is 0 Å². The zero-order valence-corrected chi connectivity index (χ0v) is 11.6. The molecular formula is C13H19N3OS. The Morgan fingerprint density at radius 1 is 1.33 bits per heavy atom. The molecule has 4 nitrogen and oxygen atoms in total. The molecule has 0 atom stereocenters. The van der Waals surface area contributed by atoms with Crippen molar-refractivity contribution in [1.82, 2.24) is 5.32 Å². The Labute approximate surface area is 113 Å². The van der Waals surface area contributed by atoms with E-state index < -0.39 is 0 Å². The van der Waals surface area contributed by atoms with Gasteiger partial charge in [0.25, 0.3) is 0 Å². The molecule has 0 saturated carbocycles. The van der Waals surface area contributed by atoms with E-state index in [9.17, 15) is 0 Å². The molecule has 1 fully saturated rings. The van der Waals surface area contributed by atoms with Gasteiger partial charge in [0.05, 0.1) is 24.6 Å². The molecule has 0 bridgehead atoms. The van der Waals surface area contributed by atoms with Crippen LogP contribution in [0.15, 0.2) is 18.2 Å². The number of benzene rings is 1. The fourth-order valence-corrected chi connectivity index (χ4v) is 2.12. The lowest BCUT2D eigenvalue weighted by Gasteiger charge is -2.31. The summed E-state index contributed by atoms with van der Waals surface area (Å²) in [7, 11) is 1.82. The maximum atomic E-state index is 5.39. The first kappa shape index (κ1) is 13.1. The Balaban J connectivity index is 2.24. The van der Waals surface area contributed by atoms with Crippen molar-refractivity contribution in [2.45, 2.75) is 6.92 Å². The van der Waals surface area contributed by atoms with Crippen LogP contribution in [0.2, 0.25) is 0 Å². The third-order valence-corrected chi connectivity index (χ3v) is 3.29. The van der Waals surface area contributed by atoms with E-state index in [0.717, 1.165) is 32.0 Å². The molecule has 0 aromatic heterocycles.